The van der Waals surface area contributed by atoms with Crippen molar-refractivity contribution in [1.82, 2.24) is 0 Å². The van der Waals surface area contributed by atoms with Crippen LogP contribution in [0.3, 0.4) is 0 Å². The summed E-state index contributed by atoms with van der Waals surface area (Å²) in [7, 11) is 5.40. The van der Waals surface area contributed by atoms with Crippen molar-refractivity contribution >= 4 is 17.9 Å². The normalized spacial score (nSPS) is 13.4. The fourth-order valence-electron chi connectivity index (χ4n) is 7.23. The van der Waals surface area contributed by atoms with Crippen LogP contribution >= 0.6 is 0 Å². The maximum Gasteiger partial charge on any atom is 0.306 e. The molecule has 0 aromatic rings. The summed E-state index contributed by atoms with van der Waals surface area (Å²) in [6, 6.07) is -0.732. The Labute approximate surface area is 381 Å². The second kappa shape index (κ2) is 44.6. The van der Waals surface area contributed by atoms with Crippen LogP contribution in [0.1, 0.15) is 213 Å². The average molecular weight is 870 g/mol. The summed E-state index contributed by atoms with van der Waals surface area (Å²) in [6.45, 7) is 4.54. The Bertz CT molecular complexity index is 1200. The molecule has 0 aromatic heterocycles. The third-order valence-electron chi connectivity index (χ3n) is 11.1. The van der Waals surface area contributed by atoms with Gasteiger partial charge in [-0.1, -0.05) is 177 Å². The summed E-state index contributed by atoms with van der Waals surface area (Å²) < 4.78 is 17.2. The number of unbranched alkanes of at least 4 members (excludes halogenated alkanes) is 21. The predicted molar refractivity (Wildman–Crippen MR) is 259 cm³/mol. The van der Waals surface area contributed by atoms with Crippen LogP contribution in [0.15, 0.2) is 60.8 Å². The Hall–Kier alpha value is -2.97. The molecule has 0 fully saturated rings. The average Bonchev–Trinajstić information content (AvgIpc) is 3.23. The number of likely N-dealkylation sites (N-methyl/N-ethyl adjacent to an activating group) is 1. The minimum Gasteiger partial charge on any atom is -0.544 e. The first kappa shape index (κ1) is 59.0. The second-order valence-electron chi connectivity index (χ2n) is 18.0. The molecular weight excluding hydrogens is 775 g/mol. The van der Waals surface area contributed by atoms with E-state index in [0.717, 1.165) is 83.5 Å². The summed E-state index contributed by atoms with van der Waals surface area (Å²) >= 11 is 0. The van der Waals surface area contributed by atoms with E-state index in [9.17, 15) is 19.5 Å². The van der Waals surface area contributed by atoms with Gasteiger partial charge < -0.3 is 28.6 Å². The zero-order valence-corrected chi connectivity index (χ0v) is 40.8. The summed E-state index contributed by atoms with van der Waals surface area (Å²) in [5, 5.41) is 11.7. The monoisotopic (exact) mass is 870 g/mol. The van der Waals surface area contributed by atoms with Crippen molar-refractivity contribution in [3.05, 3.63) is 60.8 Å². The molecule has 0 radical (unpaired) electrons. The van der Waals surface area contributed by atoms with E-state index < -0.39 is 18.1 Å². The standard InChI is InChI=1S/C54H95NO7/c1-6-8-10-12-14-16-18-20-22-24-25-26-27-28-29-31-32-34-36-38-40-42-44-52(56)61-49-50(48-60-47-46-51(54(58)59)55(3,4)5)62-53(57)45-43-41-39-37-35-33-30-23-21-19-17-15-13-11-9-7-2/h9,11,15,17,21,23-25,27-28,50-51H,6-8,10,12-14,16,18-20,22,26,29-49H2,1-5H3/b11-9+,17-15+,23-21+,25-24+,28-27+. The second-order valence-corrected chi connectivity index (χ2v) is 18.0. The van der Waals surface area contributed by atoms with Gasteiger partial charge in [-0.3, -0.25) is 9.59 Å². The number of hydrogen-bond donors (Lipinski definition) is 0. The molecule has 0 N–H and O–H groups in total. The quantitative estimate of drug-likeness (QED) is 0.0260. The van der Waals surface area contributed by atoms with E-state index in [2.05, 4.69) is 74.6 Å². The molecule has 358 valence electrons. The van der Waals surface area contributed by atoms with Crippen LogP contribution in [-0.2, 0) is 28.6 Å². The number of carbonyl (C=O) groups is 3. The van der Waals surface area contributed by atoms with Gasteiger partial charge in [-0.15, -0.1) is 0 Å². The van der Waals surface area contributed by atoms with Crippen LogP contribution in [-0.4, -0.2) is 75.5 Å². The topological polar surface area (TPSA) is 102 Å². The first-order valence-corrected chi connectivity index (χ1v) is 25.3. The summed E-state index contributed by atoms with van der Waals surface area (Å²) in [5.41, 5.74) is 0. The fraction of sp³-hybridized carbons (Fsp3) is 0.759. The Balaban J connectivity index is 4.27. The highest BCUT2D eigenvalue weighted by Crippen LogP contribution is 2.14. The number of carbonyl (C=O) groups excluding carboxylic acids is 3. The smallest absolute Gasteiger partial charge is 0.306 e. The summed E-state index contributed by atoms with van der Waals surface area (Å²) in [6.07, 6.45) is 55.4. The van der Waals surface area contributed by atoms with Gasteiger partial charge in [0.2, 0.25) is 0 Å². The van der Waals surface area contributed by atoms with Gasteiger partial charge in [-0.05, 0) is 77.0 Å². The van der Waals surface area contributed by atoms with Crippen molar-refractivity contribution < 1.29 is 38.2 Å². The third-order valence-corrected chi connectivity index (χ3v) is 11.1. The van der Waals surface area contributed by atoms with Crippen molar-refractivity contribution in [1.29, 1.82) is 0 Å². The number of esters is 2. The van der Waals surface area contributed by atoms with E-state index in [1.165, 1.54) is 96.3 Å². The molecule has 0 aliphatic rings. The van der Waals surface area contributed by atoms with E-state index in [-0.39, 0.29) is 42.7 Å². The van der Waals surface area contributed by atoms with Gasteiger partial charge >= 0.3 is 11.9 Å². The first-order valence-electron chi connectivity index (χ1n) is 25.3. The summed E-state index contributed by atoms with van der Waals surface area (Å²) in [5.74, 6) is -1.76. The van der Waals surface area contributed by atoms with Crippen LogP contribution in [0.2, 0.25) is 0 Å². The maximum atomic E-state index is 12.8. The third kappa shape index (κ3) is 42.3. The van der Waals surface area contributed by atoms with Gasteiger partial charge in [-0.25, -0.2) is 0 Å². The molecule has 2 unspecified atom stereocenters. The summed E-state index contributed by atoms with van der Waals surface area (Å²) in [4.78, 5) is 37.0. The van der Waals surface area contributed by atoms with E-state index in [0.29, 0.717) is 12.8 Å². The molecule has 8 nitrogen and oxygen atoms in total. The predicted octanol–water partition coefficient (Wildman–Crippen LogP) is 13.2. The van der Waals surface area contributed by atoms with Crippen molar-refractivity contribution in [2.45, 2.75) is 225 Å². The van der Waals surface area contributed by atoms with Crippen molar-refractivity contribution in [3.8, 4) is 0 Å². The van der Waals surface area contributed by atoms with Gasteiger partial charge in [-0.2, -0.15) is 0 Å². The SMILES string of the molecule is CC/C=C/C/C=C/C/C=C/CCCCCCCCC(=O)OC(COCCC(C(=O)[O-])[N+](C)(C)C)COC(=O)CCCCCCCCC/C=C/C/C=C/CCCCCCCCCC. The Morgan fingerprint density at radius 3 is 1.34 bits per heavy atom. The Morgan fingerprint density at radius 1 is 0.500 bits per heavy atom. The van der Waals surface area contributed by atoms with E-state index >= 15 is 0 Å². The largest absolute Gasteiger partial charge is 0.544 e. The molecule has 2 atom stereocenters. The number of allylic oxidation sites excluding steroid dienone is 10. The van der Waals surface area contributed by atoms with Gasteiger partial charge in [0.15, 0.2) is 6.10 Å². The molecular formula is C54H95NO7. The molecule has 0 rings (SSSR count). The van der Waals surface area contributed by atoms with Crippen molar-refractivity contribution in [3.63, 3.8) is 0 Å². The van der Waals surface area contributed by atoms with Gasteiger partial charge in [0, 0.05) is 19.3 Å². The highest BCUT2D eigenvalue weighted by atomic mass is 16.6. The molecule has 8 heteroatoms. The first-order chi connectivity index (χ1) is 30.1. The van der Waals surface area contributed by atoms with Crippen LogP contribution < -0.4 is 5.11 Å². The number of hydrogen-bond acceptors (Lipinski definition) is 7. The van der Waals surface area contributed by atoms with Crippen LogP contribution in [0.25, 0.3) is 0 Å². The van der Waals surface area contributed by atoms with Crippen LogP contribution in [0, 0.1) is 0 Å². The van der Waals surface area contributed by atoms with Gasteiger partial charge in [0.25, 0.3) is 0 Å². The maximum absolute atomic E-state index is 12.8. The molecule has 0 aromatic carbocycles. The lowest BCUT2D eigenvalue weighted by Crippen LogP contribution is -2.55. The lowest BCUT2D eigenvalue weighted by Gasteiger charge is -2.34. The Morgan fingerprint density at radius 2 is 0.903 bits per heavy atom. The zero-order valence-electron chi connectivity index (χ0n) is 40.8. The number of carboxylic acids is 1. The lowest BCUT2D eigenvalue weighted by molar-refractivity contribution is -0.889. The molecule has 0 bridgehead atoms. The van der Waals surface area contributed by atoms with Crippen LogP contribution in [0.5, 0.6) is 0 Å². The van der Waals surface area contributed by atoms with E-state index in [1.807, 2.05) is 0 Å². The van der Waals surface area contributed by atoms with Gasteiger partial charge in [0.1, 0.15) is 12.6 Å². The molecule has 0 saturated heterocycles. The van der Waals surface area contributed by atoms with E-state index in [1.54, 1.807) is 21.1 Å². The van der Waals surface area contributed by atoms with Crippen molar-refractivity contribution in [2.75, 3.05) is 41.0 Å². The molecule has 62 heavy (non-hydrogen) atoms. The molecule has 0 amide bonds. The molecule has 0 aliphatic carbocycles. The molecule has 0 saturated carbocycles. The van der Waals surface area contributed by atoms with Crippen LogP contribution in [0.4, 0.5) is 0 Å². The number of quaternary nitrogens is 1. The minimum atomic E-state index is -1.13. The van der Waals surface area contributed by atoms with Crippen molar-refractivity contribution in [2.24, 2.45) is 0 Å². The zero-order chi connectivity index (χ0) is 45.6. The number of nitrogens with zero attached hydrogens (tertiary/aromatic N) is 1. The number of aliphatic carboxylic acids is 1. The highest BCUT2D eigenvalue weighted by molar-refractivity contribution is 5.70. The number of ether oxygens (including phenoxy) is 3. The fourth-order valence-corrected chi connectivity index (χ4v) is 7.23. The number of carboxylic acid groups (broad SMARTS) is 1. The highest BCUT2D eigenvalue weighted by Gasteiger charge is 2.25. The lowest BCUT2D eigenvalue weighted by atomic mass is 10.1. The molecule has 0 aliphatic heterocycles. The minimum absolute atomic E-state index is 0.0310. The Kier molecular flexibility index (Phi) is 42.5. The van der Waals surface area contributed by atoms with E-state index in [4.69, 9.17) is 14.2 Å². The van der Waals surface area contributed by atoms with Gasteiger partial charge in [0.05, 0.1) is 40.3 Å². The number of rotatable bonds is 45. The molecule has 0 spiro atoms. The molecule has 0 heterocycles.